The minimum absolute atomic E-state index is 0. The van der Waals surface area contributed by atoms with E-state index in [-0.39, 0.29) is 16.9 Å². The number of aromatic nitrogens is 3. The van der Waals surface area contributed by atoms with Crippen LogP contribution in [0.2, 0.25) is 0 Å². The van der Waals surface area contributed by atoms with Crippen LogP contribution in [0.3, 0.4) is 0 Å². The lowest BCUT2D eigenvalue weighted by Crippen LogP contribution is -2.34. The van der Waals surface area contributed by atoms with Crippen molar-refractivity contribution in [3.63, 3.8) is 0 Å². The van der Waals surface area contributed by atoms with Gasteiger partial charge >= 0.3 is 5.56 Å². The molecule has 25 heavy (non-hydrogen) atoms. The average Bonchev–Trinajstić information content (AvgIpc) is 2.96. The highest BCUT2D eigenvalue weighted by molar-refractivity contribution is 5.90. The summed E-state index contributed by atoms with van der Waals surface area (Å²) < 4.78 is 3.06. The Kier molecular flexibility index (Phi) is 5.51. The Balaban J connectivity index is 0.00000225. The normalized spacial score (nSPS) is 10.2. The molecule has 0 aliphatic rings. The molecule has 0 aliphatic carbocycles. The molecule has 3 N–H and O–H groups in total. The number of hydrogen-bond acceptors (Lipinski definition) is 3. The van der Waals surface area contributed by atoms with Crippen molar-refractivity contribution < 1.29 is 15.0 Å². The van der Waals surface area contributed by atoms with E-state index in [0.29, 0.717) is 11.4 Å². The Bertz CT molecular complexity index is 926. The van der Waals surface area contributed by atoms with Crippen LogP contribution in [0.25, 0.3) is 11.4 Å². The van der Waals surface area contributed by atoms with E-state index in [1.165, 1.54) is 23.4 Å². The molecular weight excluding hydrogens is 320 g/mol. The summed E-state index contributed by atoms with van der Waals surface area (Å²) in [4.78, 5) is 23.7. The standard InChI is InChI=1S/C18H18N4O2.H2O/c1-3-14-8-10-15(11-9-14)22-18(24)12-21(20-22)17-7-5-4-6-16(17)19-13(2)23;/h4-12H,3H2,1-2H3,(H-,19,20,23,24);1H2. The van der Waals surface area contributed by atoms with E-state index in [2.05, 4.69) is 17.5 Å². The van der Waals surface area contributed by atoms with Crippen molar-refractivity contribution in [2.45, 2.75) is 20.3 Å². The minimum Gasteiger partial charge on any atom is -0.870 e. The zero-order valence-corrected chi connectivity index (χ0v) is 14.1. The van der Waals surface area contributed by atoms with Gasteiger partial charge < -0.3 is 10.8 Å². The number of amides is 1. The number of benzene rings is 2. The van der Waals surface area contributed by atoms with Gasteiger partial charge in [-0.3, -0.25) is 4.79 Å². The number of anilines is 1. The smallest absolute Gasteiger partial charge is 0.398 e. The second kappa shape index (κ2) is 7.59. The molecular formula is C18H20N4O3. The number of rotatable bonds is 4. The van der Waals surface area contributed by atoms with Crippen LogP contribution in [-0.4, -0.2) is 21.3 Å². The maximum Gasteiger partial charge on any atom is 0.398 e. The SMILES string of the molecule is CCc1ccc(-n2[nH][n+](-c3ccccc3NC(C)=O)cc2=O)cc1.[OH-]. The molecule has 3 aromatic rings. The van der Waals surface area contributed by atoms with Crippen LogP contribution in [0.5, 0.6) is 0 Å². The topological polar surface area (TPSA) is 101 Å². The van der Waals surface area contributed by atoms with Gasteiger partial charge in [-0.05, 0) is 36.2 Å². The van der Waals surface area contributed by atoms with Crippen molar-refractivity contribution in [2.75, 3.05) is 5.32 Å². The molecule has 0 saturated carbocycles. The molecule has 0 fully saturated rings. The first-order valence-corrected chi connectivity index (χ1v) is 7.78. The summed E-state index contributed by atoms with van der Waals surface area (Å²) >= 11 is 0. The fourth-order valence-corrected chi connectivity index (χ4v) is 2.52. The molecule has 0 spiro atoms. The summed E-state index contributed by atoms with van der Waals surface area (Å²) in [5.41, 5.74) is 3.10. The van der Waals surface area contributed by atoms with Gasteiger partial charge in [-0.2, -0.15) is 0 Å². The molecule has 0 atom stereocenters. The van der Waals surface area contributed by atoms with Crippen LogP contribution in [0.4, 0.5) is 5.69 Å². The number of aromatic amines is 1. The van der Waals surface area contributed by atoms with Gasteiger partial charge in [-0.25, -0.2) is 4.79 Å². The number of nitrogens with zero attached hydrogens (tertiary/aromatic N) is 2. The van der Waals surface area contributed by atoms with Gasteiger partial charge in [0.15, 0.2) is 11.4 Å². The largest absolute Gasteiger partial charge is 0.870 e. The van der Waals surface area contributed by atoms with Crippen molar-refractivity contribution in [2.24, 2.45) is 0 Å². The Morgan fingerprint density at radius 1 is 1.16 bits per heavy atom. The van der Waals surface area contributed by atoms with E-state index >= 15 is 0 Å². The first-order valence-electron chi connectivity index (χ1n) is 7.78. The lowest BCUT2D eigenvalue weighted by Gasteiger charge is -2.05. The number of para-hydroxylation sites is 2. The van der Waals surface area contributed by atoms with Crippen LogP contribution in [-0.2, 0) is 11.2 Å². The Morgan fingerprint density at radius 3 is 2.48 bits per heavy atom. The number of hydrogen-bond donors (Lipinski definition) is 2. The van der Waals surface area contributed by atoms with E-state index in [1.54, 1.807) is 10.7 Å². The summed E-state index contributed by atoms with van der Waals surface area (Å²) in [6.45, 7) is 3.54. The number of carbonyl (C=O) groups is 1. The van der Waals surface area contributed by atoms with Crippen LogP contribution in [0, 0.1) is 0 Å². The first-order chi connectivity index (χ1) is 11.6. The van der Waals surface area contributed by atoms with Gasteiger partial charge in [-0.15, -0.1) is 4.68 Å². The molecule has 2 aromatic carbocycles. The maximum absolute atomic E-state index is 12.3. The zero-order chi connectivity index (χ0) is 17.1. The van der Waals surface area contributed by atoms with Crippen LogP contribution in [0.1, 0.15) is 19.4 Å². The second-order valence-corrected chi connectivity index (χ2v) is 5.49. The lowest BCUT2D eigenvalue weighted by molar-refractivity contribution is -0.660. The van der Waals surface area contributed by atoms with E-state index in [4.69, 9.17) is 0 Å². The van der Waals surface area contributed by atoms with Gasteiger partial charge in [0.25, 0.3) is 0 Å². The molecule has 0 bridgehead atoms. The predicted molar refractivity (Wildman–Crippen MR) is 93.5 cm³/mol. The predicted octanol–water partition coefficient (Wildman–Crippen LogP) is 1.79. The summed E-state index contributed by atoms with van der Waals surface area (Å²) in [7, 11) is 0. The van der Waals surface area contributed by atoms with Gasteiger partial charge in [-0.1, -0.05) is 41.1 Å². The van der Waals surface area contributed by atoms with Crippen molar-refractivity contribution in [1.29, 1.82) is 0 Å². The molecule has 0 unspecified atom stereocenters. The van der Waals surface area contributed by atoms with Gasteiger partial charge in [0.1, 0.15) is 0 Å². The summed E-state index contributed by atoms with van der Waals surface area (Å²) in [5, 5.41) is 5.80. The zero-order valence-electron chi connectivity index (χ0n) is 14.1. The molecule has 1 amide bonds. The quantitative estimate of drug-likeness (QED) is 0.708. The molecule has 3 rings (SSSR count). The highest BCUT2D eigenvalue weighted by Gasteiger charge is 2.17. The Morgan fingerprint density at radius 2 is 1.84 bits per heavy atom. The van der Waals surface area contributed by atoms with Crippen molar-refractivity contribution in [3.8, 4) is 11.4 Å². The monoisotopic (exact) mass is 340 g/mol. The van der Waals surface area contributed by atoms with E-state index in [1.807, 2.05) is 42.5 Å². The van der Waals surface area contributed by atoms with Gasteiger partial charge in [0.2, 0.25) is 12.1 Å². The summed E-state index contributed by atoms with van der Waals surface area (Å²) in [6, 6.07) is 15.1. The summed E-state index contributed by atoms with van der Waals surface area (Å²) in [5.74, 6) is -0.167. The van der Waals surface area contributed by atoms with Crippen molar-refractivity contribution in [1.82, 2.24) is 9.90 Å². The van der Waals surface area contributed by atoms with Gasteiger partial charge in [0.05, 0.1) is 5.69 Å². The third kappa shape index (κ3) is 3.84. The fraction of sp³-hybridized carbons (Fsp3) is 0.167. The average molecular weight is 340 g/mol. The fourth-order valence-electron chi connectivity index (χ4n) is 2.52. The maximum atomic E-state index is 12.3. The van der Waals surface area contributed by atoms with Crippen molar-refractivity contribution >= 4 is 11.6 Å². The van der Waals surface area contributed by atoms with Crippen LogP contribution < -0.4 is 15.6 Å². The highest BCUT2D eigenvalue weighted by Crippen LogP contribution is 2.14. The third-order valence-corrected chi connectivity index (χ3v) is 3.74. The number of H-pyrrole nitrogens is 1. The van der Waals surface area contributed by atoms with Gasteiger partial charge in [0, 0.05) is 6.92 Å². The molecule has 7 heteroatoms. The summed E-state index contributed by atoms with van der Waals surface area (Å²) in [6.07, 6.45) is 2.40. The Labute approximate surface area is 144 Å². The first kappa shape index (κ1) is 18.2. The minimum atomic E-state index is -0.183. The third-order valence-electron chi connectivity index (χ3n) is 3.74. The Hall–Kier alpha value is -3.19. The van der Waals surface area contributed by atoms with E-state index in [9.17, 15) is 9.59 Å². The number of nitrogens with one attached hydrogen (secondary N) is 2. The molecule has 1 heterocycles. The highest BCUT2D eigenvalue weighted by atomic mass is 16.1. The molecule has 0 aliphatic heterocycles. The molecule has 0 saturated heterocycles. The van der Waals surface area contributed by atoms with Crippen molar-refractivity contribution in [3.05, 3.63) is 70.6 Å². The molecule has 1 aromatic heterocycles. The number of aryl methyl sites for hydroxylation is 1. The lowest BCUT2D eigenvalue weighted by atomic mass is 10.1. The molecule has 130 valence electrons. The van der Waals surface area contributed by atoms with Crippen LogP contribution >= 0.6 is 0 Å². The van der Waals surface area contributed by atoms with E-state index < -0.39 is 0 Å². The van der Waals surface area contributed by atoms with E-state index in [0.717, 1.165) is 12.1 Å². The number of carbonyl (C=O) groups excluding carboxylic acids is 1. The van der Waals surface area contributed by atoms with Crippen LogP contribution in [0.15, 0.2) is 59.5 Å². The molecule has 0 radical (unpaired) electrons. The molecule has 7 nitrogen and oxygen atoms in total. The second-order valence-electron chi connectivity index (χ2n) is 5.49.